The van der Waals surface area contributed by atoms with Crippen LogP contribution in [0.5, 0.6) is 0 Å². The van der Waals surface area contributed by atoms with Gasteiger partial charge in [0.1, 0.15) is 18.6 Å². The molecule has 8 N–H and O–H groups in total. The number of amides is 3. The Bertz CT molecular complexity index is 532. The van der Waals surface area contributed by atoms with Crippen LogP contribution >= 0.6 is 12.6 Å². The van der Waals surface area contributed by atoms with E-state index in [2.05, 4.69) is 28.6 Å². The summed E-state index contributed by atoms with van der Waals surface area (Å²) in [5, 5.41) is 15.9. The second kappa shape index (κ2) is 14.2. The lowest BCUT2D eigenvalue weighted by Gasteiger charge is -2.23. The second-order valence-electron chi connectivity index (χ2n) is 6.94. The lowest BCUT2D eigenvalue weighted by Crippen LogP contribution is -2.56. The summed E-state index contributed by atoms with van der Waals surface area (Å²) in [6.07, 6.45) is 2.08. The Morgan fingerprint density at radius 2 is 1.61 bits per heavy atom. The molecule has 0 bridgehead atoms. The van der Waals surface area contributed by atoms with Crippen molar-refractivity contribution in [1.82, 2.24) is 16.0 Å². The van der Waals surface area contributed by atoms with E-state index in [-0.39, 0.29) is 11.7 Å². The molecule has 0 aliphatic heterocycles. The number of carboxylic acids is 1. The maximum Gasteiger partial charge on any atom is 0.322 e. The minimum Gasteiger partial charge on any atom is -0.480 e. The molecule has 0 rings (SSSR count). The van der Waals surface area contributed by atoms with Gasteiger partial charge in [0.15, 0.2) is 0 Å². The fraction of sp³-hybridized carbons (Fsp3) is 0.765. The fourth-order valence-corrected chi connectivity index (χ4v) is 2.66. The molecule has 0 aliphatic rings. The Morgan fingerprint density at radius 1 is 1.00 bits per heavy atom. The number of carboxylic acid groups (broad SMARTS) is 1. The molecule has 0 aromatic carbocycles. The van der Waals surface area contributed by atoms with Gasteiger partial charge >= 0.3 is 5.97 Å². The molecule has 0 spiro atoms. The Morgan fingerprint density at radius 3 is 2.11 bits per heavy atom. The van der Waals surface area contributed by atoms with Crippen molar-refractivity contribution in [2.24, 2.45) is 17.4 Å². The van der Waals surface area contributed by atoms with Crippen molar-refractivity contribution in [3.63, 3.8) is 0 Å². The maximum absolute atomic E-state index is 12.6. The molecule has 0 fully saturated rings. The summed E-state index contributed by atoms with van der Waals surface area (Å²) in [6, 6.07) is -2.66. The van der Waals surface area contributed by atoms with Crippen molar-refractivity contribution in [3.05, 3.63) is 0 Å². The summed E-state index contributed by atoms with van der Waals surface area (Å²) in [4.78, 5) is 47.4. The molecule has 0 aromatic rings. The first-order chi connectivity index (χ1) is 13.1. The van der Waals surface area contributed by atoms with Gasteiger partial charge in [-0.1, -0.05) is 13.8 Å². The van der Waals surface area contributed by atoms with E-state index < -0.39 is 48.4 Å². The van der Waals surface area contributed by atoms with Crippen LogP contribution in [0.2, 0.25) is 0 Å². The number of hydrogen-bond acceptors (Lipinski definition) is 7. The Hall–Kier alpha value is -1.85. The summed E-state index contributed by atoms with van der Waals surface area (Å²) < 4.78 is 0. The number of aliphatic carboxylic acids is 1. The fourth-order valence-electron chi connectivity index (χ4n) is 2.41. The van der Waals surface area contributed by atoms with Crippen molar-refractivity contribution < 1.29 is 24.3 Å². The molecule has 10 nitrogen and oxygen atoms in total. The number of rotatable bonds is 14. The van der Waals surface area contributed by atoms with Gasteiger partial charge in [0.25, 0.3) is 0 Å². The number of unbranched alkanes of at least 4 members (excludes halogenated alkanes) is 1. The summed E-state index contributed by atoms with van der Waals surface area (Å²) in [7, 11) is 0. The number of carbonyl (C=O) groups excluding carboxylic acids is 3. The molecule has 0 heterocycles. The van der Waals surface area contributed by atoms with Crippen molar-refractivity contribution in [1.29, 1.82) is 0 Å². The average Bonchev–Trinajstić information content (AvgIpc) is 2.62. The molecule has 162 valence electrons. The molecular weight excluding hydrogens is 386 g/mol. The predicted molar refractivity (Wildman–Crippen MR) is 109 cm³/mol. The maximum atomic E-state index is 12.6. The summed E-state index contributed by atoms with van der Waals surface area (Å²) in [6.45, 7) is 3.75. The number of nitrogens with one attached hydrogen (secondary N) is 3. The Balaban J connectivity index is 4.99. The van der Waals surface area contributed by atoms with Gasteiger partial charge in [0.2, 0.25) is 17.7 Å². The SMILES string of the molecule is CC(C)CC(N)C(=O)NC(CCCCN)C(=O)NC(CS)C(=O)NCC(=O)O. The van der Waals surface area contributed by atoms with Crippen LogP contribution in [0, 0.1) is 5.92 Å². The number of nitrogens with two attached hydrogens (primary N) is 2. The Labute approximate surface area is 171 Å². The zero-order chi connectivity index (χ0) is 21.7. The van der Waals surface area contributed by atoms with Crippen LogP contribution in [0.1, 0.15) is 39.5 Å². The van der Waals surface area contributed by atoms with Crippen molar-refractivity contribution in [3.8, 4) is 0 Å². The molecular formula is C17H33N5O5S. The third kappa shape index (κ3) is 11.1. The zero-order valence-corrected chi connectivity index (χ0v) is 17.3. The first-order valence-corrected chi connectivity index (χ1v) is 9.92. The second-order valence-corrected chi connectivity index (χ2v) is 7.30. The predicted octanol–water partition coefficient (Wildman–Crippen LogP) is -1.41. The van der Waals surface area contributed by atoms with E-state index in [0.717, 1.165) is 0 Å². The third-order valence-corrected chi connectivity index (χ3v) is 4.24. The van der Waals surface area contributed by atoms with E-state index in [1.165, 1.54) is 0 Å². The van der Waals surface area contributed by atoms with Crippen molar-refractivity contribution in [2.75, 3.05) is 18.8 Å². The van der Waals surface area contributed by atoms with Gasteiger partial charge in [-0.25, -0.2) is 0 Å². The molecule has 0 aliphatic carbocycles. The van der Waals surface area contributed by atoms with Crippen LogP contribution in [0.4, 0.5) is 0 Å². The monoisotopic (exact) mass is 419 g/mol. The van der Waals surface area contributed by atoms with Crippen molar-refractivity contribution >= 4 is 36.3 Å². The highest BCUT2D eigenvalue weighted by Crippen LogP contribution is 2.06. The van der Waals surface area contributed by atoms with Crippen molar-refractivity contribution in [2.45, 2.75) is 57.7 Å². The summed E-state index contributed by atoms with van der Waals surface area (Å²) in [5.41, 5.74) is 11.3. The normalized spacial score (nSPS) is 14.1. The number of thiol groups is 1. The van der Waals surface area contributed by atoms with Gasteiger partial charge in [-0.05, 0) is 38.1 Å². The zero-order valence-electron chi connectivity index (χ0n) is 16.4. The molecule has 0 saturated carbocycles. The van der Waals surface area contributed by atoms with Gasteiger partial charge in [-0.3, -0.25) is 19.2 Å². The minimum atomic E-state index is -1.20. The highest BCUT2D eigenvalue weighted by atomic mass is 32.1. The van der Waals surface area contributed by atoms with Crippen LogP contribution < -0.4 is 27.4 Å². The minimum absolute atomic E-state index is 0.0342. The highest BCUT2D eigenvalue weighted by Gasteiger charge is 2.27. The average molecular weight is 420 g/mol. The highest BCUT2D eigenvalue weighted by molar-refractivity contribution is 7.80. The molecule has 28 heavy (non-hydrogen) atoms. The smallest absolute Gasteiger partial charge is 0.322 e. The first kappa shape index (κ1) is 26.1. The molecule has 0 saturated heterocycles. The number of carbonyl (C=O) groups is 4. The largest absolute Gasteiger partial charge is 0.480 e. The van der Waals surface area contributed by atoms with Crippen LogP contribution in [0.3, 0.4) is 0 Å². The van der Waals surface area contributed by atoms with E-state index in [1.807, 2.05) is 13.8 Å². The van der Waals surface area contributed by atoms with E-state index >= 15 is 0 Å². The summed E-state index contributed by atoms with van der Waals surface area (Å²) in [5.74, 6) is -2.70. The first-order valence-electron chi connectivity index (χ1n) is 9.29. The van der Waals surface area contributed by atoms with E-state index in [9.17, 15) is 19.2 Å². The van der Waals surface area contributed by atoms with Gasteiger partial charge < -0.3 is 32.5 Å². The molecule has 3 amide bonds. The van der Waals surface area contributed by atoms with Gasteiger partial charge in [-0.15, -0.1) is 0 Å². The molecule has 0 radical (unpaired) electrons. The van der Waals surface area contributed by atoms with Crippen LogP contribution in [-0.4, -0.2) is 65.8 Å². The molecule has 11 heteroatoms. The molecule has 3 unspecified atom stereocenters. The topological polar surface area (TPSA) is 177 Å². The van der Waals surface area contributed by atoms with Gasteiger partial charge in [0.05, 0.1) is 6.04 Å². The number of hydrogen-bond donors (Lipinski definition) is 7. The van der Waals surface area contributed by atoms with Gasteiger partial charge in [0, 0.05) is 5.75 Å². The lowest BCUT2D eigenvalue weighted by molar-refractivity contribution is -0.138. The van der Waals surface area contributed by atoms with E-state index in [4.69, 9.17) is 16.6 Å². The summed E-state index contributed by atoms with van der Waals surface area (Å²) >= 11 is 4.02. The lowest BCUT2D eigenvalue weighted by atomic mass is 10.0. The molecule has 0 aromatic heterocycles. The molecule has 3 atom stereocenters. The third-order valence-electron chi connectivity index (χ3n) is 3.87. The van der Waals surface area contributed by atoms with Crippen LogP contribution in [0.25, 0.3) is 0 Å². The van der Waals surface area contributed by atoms with Crippen LogP contribution in [-0.2, 0) is 19.2 Å². The van der Waals surface area contributed by atoms with E-state index in [0.29, 0.717) is 32.2 Å². The van der Waals surface area contributed by atoms with E-state index in [1.54, 1.807) is 0 Å². The van der Waals surface area contributed by atoms with Crippen LogP contribution in [0.15, 0.2) is 0 Å². The standard InChI is InChI=1S/C17H33N5O5S/c1-10(2)7-11(19)15(25)21-12(5-3-4-6-18)17(27)22-13(9-28)16(26)20-8-14(23)24/h10-13,28H,3-9,18-19H2,1-2H3,(H,20,26)(H,21,25)(H,22,27)(H,23,24). The van der Waals surface area contributed by atoms with Gasteiger partial charge in [-0.2, -0.15) is 12.6 Å². The quantitative estimate of drug-likeness (QED) is 0.134. The Kier molecular flexibility index (Phi) is 13.3.